The molecular weight excluding hydrogens is 959 g/mol. The van der Waals surface area contributed by atoms with E-state index in [9.17, 15) is 39.0 Å². The quantitative estimate of drug-likeness (QED) is 0.0186. The van der Waals surface area contributed by atoms with Crippen LogP contribution in [0.4, 0.5) is 0 Å². The van der Waals surface area contributed by atoms with Gasteiger partial charge in [-0.1, -0.05) is 102 Å². The lowest BCUT2D eigenvalue weighted by Crippen LogP contribution is -3.00. The Labute approximate surface area is 440 Å². The molecule has 0 aromatic carbocycles. The second kappa shape index (κ2) is 45.3. The van der Waals surface area contributed by atoms with E-state index < -0.39 is 24.4 Å². The number of nitrogens with zero attached hydrogens (tertiary/aromatic N) is 2. The number of likely N-dealkylation sites (N-methyl/N-ethyl adjacent to an activating group) is 2. The molecule has 0 aromatic rings. The average Bonchev–Trinajstić information content (AvgIpc) is 3.26. The monoisotopic (exact) mass is 1060 g/mol. The van der Waals surface area contributed by atoms with Crippen LogP contribution >= 0.6 is 12.4 Å². The molecule has 0 aliphatic carbocycles. The zero-order chi connectivity index (χ0) is 51.8. The molecule has 18 heteroatoms. The molecule has 0 aliphatic heterocycles. The van der Waals surface area contributed by atoms with Gasteiger partial charge in [0.15, 0.2) is 13.1 Å². The van der Waals surface area contributed by atoms with Gasteiger partial charge in [0.1, 0.15) is 38.5 Å². The molecule has 0 aliphatic rings. The molecule has 0 saturated heterocycles. The molecule has 4 atom stereocenters. The number of quaternary nitrogens is 2. The number of ether oxygens (including phenoxy) is 6. The van der Waals surface area contributed by atoms with Gasteiger partial charge in [-0.3, -0.25) is 19.2 Å². The van der Waals surface area contributed by atoms with Crippen molar-refractivity contribution >= 4 is 48.2 Å². The van der Waals surface area contributed by atoms with E-state index in [1.54, 1.807) is 0 Å². The molecule has 0 saturated carbocycles. The smallest absolute Gasteiger partial charge is 0.362 e. The number of aliphatic hydroxyl groups is 2. The molecule has 4 unspecified atom stereocenters. The van der Waals surface area contributed by atoms with Crippen LogP contribution in [-0.2, 0) is 57.2 Å². The predicted molar refractivity (Wildman–Crippen MR) is 273 cm³/mol. The molecule has 16 nitrogen and oxygen atoms in total. The van der Waals surface area contributed by atoms with Gasteiger partial charge in [0.05, 0.1) is 40.4 Å². The predicted octanol–water partition coefficient (Wildman–Crippen LogP) is 5.80. The topological polar surface area (TPSA) is 198 Å². The normalized spacial score (nSPS) is 13.3. The van der Waals surface area contributed by atoms with Crippen LogP contribution in [-0.4, -0.2) is 154 Å². The van der Waals surface area contributed by atoms with E-state index in [2.05, 4.69) is 26.0 Å². The number of aliphatic hydroxyl groups excluding tert-OH is 2. The van der Waals surface area contributed by atoms with Gasteiger partial charge in [-0.15, -0.1) is 12.4 Å². The molecule has 0 amide bonds. The van der Waals surface area contributed by atoms with Gasteiger partial charge in [0.2, 0.25) is 6.79 Å². The third-order valence-electron chi connectivity index (χ3n) is 11.8. The van der Waals surface area contributed by atoms with E-state index in [0.717, 1.165) is 103 Å². The van der Waals surface area contributed by atoms with E-state index in [1.807, 2.05) is 40.3 Å². The second-order valence-electron chi connectivity index (χ2n) is 19.7. The Morgan fingerprint density at radius 3 is 1.18 bits per heavy atom. The Balaban J connectivity index is -0.0000231. The van der Waals surface area contributed by atoms with Gasteiger partial charge >= 0.3 is 35.8 Å². The van der Waals surface area contributed by atoms with Crippen LogP contribution < -0.4 is 12.4 Å². The van der Waals surface area contributed by atoms with Crippen molar-refractivity contribution in [3.05, 3.63) is 24.3 Å². The summed E-state index contributed by atoms with van der Waals surface area (Å²) in [4.78, 5) is 71.9. The molecule has 0 aromatic heterocycles. The first kappa shape index (κ1) is 72.0. The SMILES string of the molecule is CCCCCC(OC(=O)C[N+](C)(C)CCOC(C)=O)C(O)C/C=C\CCCCCCCC(=O)OCOC(=O)CCCCCCC/C=C\CC(O)C(CCCCC)OC(=O)C[N+](C)(C)CCOC(C)=O.Cl.[Cl-]. The van der Waals surface area contributed by atoms with Crippen LogP contribution in [0.1, 0.15) is 182 Å². The number of hydrogen-bond donors (Lipinski definition) is 2. The maximum Gasteiger partial charge on any atom is 0.362 e. The second-order valence-corrected chi connectivity index (χ2v) is 19.7. The molecule has 0 spiro atoms. The summed E-state index contributed by atoms with van der Waals surface area (Å²) in [5.74, 6) is -2.24. The van der Waals surface area contributed by atoms with Gasteiger partial charge in [0, 0.05) is 26.7 Å². The van der Waals surface area contributed by atoms with Crippen molar-refractivity contribution in [3.63, 3.8) is 0 Å². The number of halogens is 2. The maximum absolute atomic E-state index is 12.8. The molecule has 71 heavy (non-hydrogen) atoms. The van der Waals surface area contributed by atoms with Crippen molar-refractivity contribution in [2.45, 2.75) is 206 Å². The van der Waals surface area contributed by atoms with Gasteiger partial charge in [-0.05, 0) is 77.0 Å². The summed E-state index contributed by atoms with van der Waals surface area (Å²) in [6, 6.07) is 0. The van der Waals surface area contributed by atoms with Gasteiger partial charge < -0.3 is 60.0 Å². The highest BCUT2D eigenvalue weighted by Crippen LogP contribution is 2.18. The number of esters is 6. The van der Waals surface area contributed by atoms with Crippen LogP contribution in [0.3, 0.4) is 0 Å². The third kappa shape index (κ3) is 45.1. The summed E-state index contributed by atoms with van der Waals surface area (Å²) >= 11 is 0. The van der Waals surface area contributed by atoms with E-state index in [1.165, 1.54) is 13.8 Å². The largest absolute Gasteiger partial charge is 1.00 e. The van der Waals surface area contributed by atoms with E-state index >= 15 is 0 Å². The third-order valence-corrected chi connectivity index (χ3v) is 11.8. The summed E-state index contributed by atoms with van der Waals surface area (Å²) in [5, 5.41) is 21.8. The molecular formula is C53H97Cl2N2O14+. The minimum absolute atomic E-state index is 0. The van der Waals surface area contributed by atoms with Crippen molar-refractivity contribution in [2.24, 2.45) is 0 Å². The number of allylic oxidation sites excluding steroid dienone is 2. The van der Waals surface area contributed by atoms with Crippen molar-refractivity contribution in [3.8, 4) is 0 Å². The Morgan fingerprint density at radius 1 is 0.479 bits per heavy atom. The minimum Gasteiger partial charge on any atom is -1.00 e. The number of rotatable bonds is 44. The Bertz CT molecular complexity index is 1370. The van der Waals surface area contributed by atoms with E-state index in [4.69, 9.17) is 28.4 Å². The molecule has 0 bridgehead atoms. The Kier molecular flexibility index (Phi) is 46.0. The summed E-state index contributed by atoms with van der Waals surface area (Å²) in [7, 11) is 7.49. The zero-order valence-corrected chi connectivity index (χ0v) is 46.6. The van der Waals surface area contributed by atoms with Crippen molar-refractivity contribution in [2.75, 3.05) is 74.4 Å². The fourth-order valence-corrected chi connectivity index (χ4v) is 7.43. The lowest BCUT2D eigenvalue weighted by Gasteiger charge is -2.30. The summed E-state index contributed by atoms with van der Waals surface area (Å²) < 4.78 is 32.3. The highest BCUT2D eigenvalue weighted by molar-refractivity contribution is 5.85. The molecule has 0 rings (SSSR count). The number of unbranched alkanes of at least 4 members (excludes halogenated alkanes) is 14. The summed E-state index contributed by atoms with van der Waals surface area (Å²) in [5.41, 5.74) is 0. The minimum atomic E-state index is -0.792. The highest BCUT2D eigenvalue weighted by Gasteiger charge is 2.29. The van der Waals surface area contributed by atoms with Crippen LogP contribution in [0.25, 0.3) is 0 Å². The first-order valence-corrected chi connectivity index (χ1v) is 26.1. The fourth-order valence-electron chi connectivity index (χ4n) is 7.43. The maximum atomic E-state index is 12.8. The van der Waals surface area contributed by atoms with Gasteiger partial charge in [-0.25, -0.2) is 9.59 Å². The Morgan fingerprint density at radius 2 is 0.831 bits per heavy atom. The molecule has 0 fully saturated rings. The zero-order valence-electron chi connectivity index (χ0n) is 45.0. The first-order valence-electron chi connectivity index (χ1n) is 26.1. The number of carbonyl (C=O) groups excluding carboxylic acids is 6. The van der Waals surface area contributed by atoms with Crippen molar-refractivity contribution in [1.29, 1.82) is 0 Å². The molecule has 416 valence electrons. The standard InChI is InChI=1S/C53H96N2O14.2ClH/c1-9-11-25-33-48(68-52(62)41-54(5,6)37-39-64-44(3)56)46(58)31-27-21-17-13-15-19-23-29-35-50(60)66-43-67-51(61)36-30-24-20-16-14-18-22-28-32-47(59)49(34-26-12-10-2)69-53(63)42-55(7,8)38-40-65-45(4)57;;/h21-22,27-28,46-49,58-59H,9-20,23-26,29-43H2,1-8H3;2*1H/q+2;;/p-1/b27-21-,28-22-;;. The lowest BCUT2D eigenvalue weighted by atomic mass is 10.0. The first-order chi connectivity index (χ1) is 32.8. The van der Waals surface area contributed by atoms with Crippen LogP contribution in [0.15, 0.2) is 24.3 Å². The lowest BCUT2D eigenvalue weighted by molar-refractivity contribution is -0.883. The van der Waals surface area contributed by atoms with Crippen LogP contribution in [0, 0.1) is 0 Å². The van der Waals surface area contributed by atoms with E-state index in [-0.39, 0.29) is 107 Å². The van der Waals surface area contributed by atoms with Crippen molar-refractivity contribution < 1.29 is 88.8 Å². The van der Waals surface area contributed by atoms with E-state index in [0.29, 0.717) is 60.6 Å². The van der Waals surface area contributed by atoms with Crippen LogP contribution in [0.5, 0.6) is 0 Å². The van der Waals surface area contributed by atoms with Crippen LogP contribution in [0.2, 0.25) is 0 Å². The fraction of sp³-hybridized carbons (Fsp3) is 0.811. The highest BCUT2D eigenvalue weighted by atomic mass is 35.5. The van der Waals surface area contributed by atoms with Gasteiger partial charge in [0.25, 0.3) is 0 Å². The average molecular weight is 1060 g/mol. The number of hydrogen-bond acceptors (Lipinski definition) is 14. The Hall–Kier alpha value is -3.28. The number of carbonyl (C=O) groups is 6. The molecule has 0 heterocycles. The molecule has 2 N–H and O–H groups in total. The van der Waals surface area contributed by atoms with Gasteiger partial charge in [-0.2, -0.15) is 0 Å². The summed E-state index contributed by atoms with van der Waals surface area (Å²) in [6.07, 6.45) is 24.4. The molecule has 0 radical (unpaired) electrons. The summed E-state index contributed by atoms with van der Waals surface area (Å²) in [6.45, 7) is 8.15. The van der Waals surface area contributed by atoms with Crippen molar-refractivity contribution in [1.82, 2.24) is 0 Å².